The first-order valence-electron chi connectivity index (χ1n) is 9.62. The summed E-state index contributed by atoms with van der Waals surface area (Å²) in [6.07, 6.45) is 4.97. The highest BCUT2D eigenvalue weighted by Crippen LogP contribution is 2.33. The molecule has 1 N–H and O–H groups in total. The van der Waals surface area contributed by atoms with Crippen molar-refractivity contribution >= 4 is 29.2 Å². The highest BCUT2D eigenvalue weighted by molar-refractivity contribution is 6.12. The van der Waals surface area contributed by atoms with Crippen molar-refractivity contribution in [2.75, 3.05) is 23.3 Å². The molecule has 142 valence electrons. The predicted octanol–water partition coefficient (Wildman–Crippen LogP) is 5.28. The molecule has 1 aliphatic rings. The van der Waals surface area contributed by atoms with Gasteiger partial charge in [-0.05, 0) is 49.2 Å². The molecule has 0 saturated heterocycles. The van der Waals surface area contributed by atoms with Crippen molar-refractivity contribution in [1.29, 1.82) is 0 Å². The van der Waals surface area contributed by atoms with E-state index in [4.69, 9.17) is 0 Å². The van der Waals surface area contributed by atoms with Crippen molar-refractivity contribution in [2.45, 2.75) is 39.0 Å². The second kappa shape index (κ2) is 8.80. The zero-order valence-electron chi connectivity index (χ0n) is 15.9. The number of carbonyl (C=O) groups excluding carboxylic acids is 1. The van der Waals surface area contributed by atoms with Crippen LogP contribution in [-0.4, -0.2) is 25.2 Å². The number of rotatable bonds is 8. The summed E-state index contributed by atoms with van der Waals surface area (Å²) in [5.74, 6) is -1.32. The van der Waals surface area contributed by atoms with Crippen LogP contribution in [0.15, 0.2) is 47.5 Å². The normalized spacial score (nSPS) is 15.8. The van der Waals surface area contributed by atoms with Crippen molar-refractivity contribution in [2.24, 2.45) is 4.99 Å². The van der Waals surface area contributed by atoms with E-state index < -0.39 is 5.92 Å². The van der Waals surface area contributed by atoms with Crippen LogP contribution in [0.5, 0.6) is 0 Å². The fourth-order valence-corrected chi connectivity index (χ4v) is 3.34. The lowest BCUT2D eigenvalue weighted by atomic mass is 10.0. The van der Waals surface area contributed by atoms with Gasteiger partial charge in [-0.15, -0.1) is 0 Å². The van der Waals surface area contributed by atoms with Crippen LogP contribution >= 0.6 is 0 Å². The van der Waals surface area contributed by atoms with E-state index in [1.807, 2.05) is 12.1 Å². The quantitative estimate of drug-likeness (QED) is 0.645. The summed E-state index contributed by atoms with van der Waals surface area (Å²) in [6.45, 7) is 6.45. The number of nitrogens with zero attached hydrogens (tertiary/aromatic N) is 2. The van der Waals surface area contributed by atoms with E-state index in [9.17, 15) is 9.18 Å². The maximum Gasteiger partial charge on any atom is 0.237 e. The molecule has 1 unspecified atom stereocenters. The number of unbranched alkanes of at least 4 members (excludes halogenated alkanes) is 1. The van der Waals surface area contributed by atoms with Gasteiger partial charge in [0.2, 0.25) is 5.91 Å². The standard InChI is InChI=1S/C22H26FN3O/c1-3-5-14-26(13-4-2)17-11-9-16(10-12-17)24-15-18-21-19(23)7-6-8-20(21)25-22(18)27/h6-12,15,18H,3-5,13-14H2,1-2H3,(H,25,27). The van der Waals surface area contributed by atoms with Gasteiger partial charge in [0.15, 0.2) is 0 Å². The molecule has 2 aromatic carbocycles. The summed E-state index contributed by atoms with van der Waals surface area (Å²) in [7, 11) is 0. The maximum atomic E-state index is 14.1. The first kappa shape index (κ1) is 19.1. The molecule has 0 aromatic heterocycles. The van der Waals surface area contributed by atoms with Crippen LogP contribution in [-0.2, 0) is 4.79 Å². The third-order valence-corrected chi connectivity index (χ3v) is 4.77. The molecule has 3 rings (SSSR count). The Morgan fingerprint density at radius 3 is 2.59 bits per heavy atom. The minimum atomic E-state index is -0.693. The Morgan fingerprint density at radius 2 is 1.89 bits per heavy atom. The van der Waals surface area contributed by atoms with E-state index in [2.05, 4.69) is 41.2 Å². The molecule has 1 heterocycles. The summed E-state index contributed by atoms with van der Waals surface area (Å²) in [5.41, 5.74) is 2.83. The van der Waals surface area contributed by atoms with Gasteiger partial charge in [-0.25, -0.2) is 4.39 Å². The van der Waals surface area contributed by atoms with Crippen molar-refractivity contribution in [3.8, 4) is 0 Å². The van der Waals surface area contributed by atoms with Gasteiger partial charge in [-0.1, -0.05) is 26.3 Å². The Hall–Kier alpha value is -2.69. The molecular formula is C22H26FN3O. The average molecular weight is 367 g/mol. The second-order valence-electron chi connectivity index (χ2n) is 6.80. The lowest BCUT2D eigenvalue weighted by molar-refractivity contribution is -0.115. The fourth-order valence-electron chi connectivity index (χ4n) is 3.34. The number of anilines is 2. The lowest BCUT2D eigenvalue weighted by Crippen LogP contribution is -2.24. The van der Waals surface area contributed by atoms with Crippen molar-refractivity contribution in [3.63, 3.8) is 0 Å². The second-order valence-corrected chi connectivity index (χ2v) is 6.80. The monoisotopic (exact) mass is 367 g/mol. The van der Waals surface area contributed by atoms with Gasteiger partial charge < -0.3 is 10.2 Å². The first-order valence-corrected chi connectivity index (χ1v) is 9.62. The number of carbonyl (C=O) groups is 1. The molecule has 1 atom stereocenters. The van der Waals surface area contributed by atoms with Crippen LogP contribution < -0.4 is 10.2 Å². The van der Waals surface area contributed by atoms with Crippen LogP contribution in [0.3, 0.4) is 0 Å². The summed E-state index contributed by atoms with van der Waals surface area (Å²) in [5, 5.41) is 2.71. The van der Waals surface area contributed by atoms with Gasteiger partial charge in [-0.3, -0.25) is 9.79 Å². The van der Waals surface area contributed by atoms with Crippen LogP contribution in [0.4, 0.5) is 21.5 Å². The third kappa shape index (κ3) is 4.35. The van der Waals surface area contributed by atoms with Gasteiger partial charge in [0, 0.05) is 36.2 Å². The molecule has 0 fully saturated rings. The van der Waals surface area contributed by atoms with Crippen molar-refractivity contribution < 1.29 is 9.18 Å². The smallest absolute Gasteiger partial charge is 0.237 e. The average Bonchev–Trinajstić information content (AvgIpc) is 3.00. The van der Waals surface area contributed by atoms with Crippen molar-refractivity contribution in [1.82, 2.24) is 0 Å². The van der Waals surface area contributed by atoms with E-state index in [0.717, 1.165) is 25.2 Å². The molecule has 4 nitrogen and oxygen atoms in total. The van der Waals surface area contributed by atoms with E-state index in [1.165, 1.54) is 30.8 Å². The number of nitrogens with one attached hydrogen (secondary N) is 1. The van der Waals surface area contributed by atoms with Gasteiger partial charge in [-0.2, -0.15) is 0 Å². The summed E-state index contributed by atoms with van der Waals surface area (Å²) in [6, 6.07) is 12.7. The van der Waals surface area contributed by atoms with Gasteiger partial charge >= 0.3 is 0 Å². The Kier molecular flexibility index (Phi) is 6.22. The van der Waals surface area contributed by atoms with Crippen LogP contribution in [0, 0.1) is 5.82 Å². The Bertz CT molecular complexity index is 817. The lowest BCUT2D eigenvalue weighted by Gasteiger charge is -2.24. The van der Waals surface area contributed by atoms with Crippen LogP contribution in [0.1, 0.15) is 44.6 Å². The first-order chi connectivity index (χ1) is 13.1. The molecule has 27 heavy (non-hydrogen) atoms. The fraction of sp³-hybridized carbons (Fsp3) is 0.364. The van der Waals surface area contributed by atoms with Gasteiger partial charge in [0.1, 0.15) is 11.7 Å². The molecule has 0 spiro atoms. The van der Waals surface area contributed by atoms with Crippen LogP contribution in [0.25, 0.3) is 0 Å². The minimum absolute atomic E-state index is 0.246. The molecule has 1 aliphatic heterocycles. The van der Waals surface area contributed by atoms with Gasteiger partial charge in [0.05, 0.1) is 5.69 Å². The topological polar surface area (TPSA) is 44.7 Å². The number of aliphatic imine (C=N–C) groups is 1. The SMILES string of the molecule is CCCCN(CCC)c1ccc(N=CC2C(=O)Nc3cccc(F)c32)cc1. The molecule has 5 heteroatoms. The maximum absolute atomic E-state index is 14.1. The van der Waals surface area contributed by atoms with Gasteiger partial charge in [0.25, 0.3) is 0 Å². The molecule has 0 radical (unpaired) electrons. The highest BCUT2D eigenvalue weighted by Gasteiger charge is 2.31. The highest BCUT2D eigenvalue weighted by atomic mass is 19.1. The summed E-state index contributed by atoms with van der Waals surface area (Å²) >= 11 is 0. The zero-order chi connectivity index (χ0) is 19.2. The molecule has 0 saturated carbocycles. The zero-order valence-corrected chi connectivity index (χ0v) is 15.9. The van der Waals surface area contributed by atoms with Crippen molar-refractivity contribution in [3.05, 3.63) is 53.8 Å². The number of hydrogen-bond donors (Lipinski definition) is 1. The molecule has 0 bridgehead atoms. The molecular weight excluding hydrogens is 341 g/mol. The summed E-state index contributed by atoms with van der Waals surface area (Å²) in [4.78, 5) is 18.9. The number of fused-ring (bicyclic) bond motifs is 1. The van der Waals surface area contributed by atoms with E-state index in [1.54, 1.807) is 12.1 Å². The molecule has 0 aliphatic carbocycles. The number of hydrogen-bond acceptors (Lipinski definition) is 3. The Morgan fingerprint density at radius 1 is 1.11 bits per heavy atom. The van der Waals surface area contributed by atoms with Crippen LogP contribution in [0.2, 0.25) is 0 Å². The number of amides is 1. The van der Waals surface area contributed by atoms with E-state index >= 15 is 0 Å². The number of benzene rings is 2. The number of halogens is 1. The van der Waals surface area contributed by atoms with E-state index in [0.29, 0.717) is 11.3 Å². The molecule has 2 aromatic rings. The van der Waals surface area contributed by atoms with E-state index in [-0.39, 0.29) is 11.7 Å². The predicted molar refractivity (Wildman–Crippen MR) is 110 cm³/mol. The minimum Gasteiger partial charge on any atom is -0.372 e. The largest absolute Gasteiger partial charge is 0.372 e. The molecule has 1 amide bonds. The third-order valence-electron chi connectivity index (χ3n) is 4.77. The Labute approximate surface area is 160 Å². The summed E-state index contributed by atoms with van der Waals surface area (Å²) < 4.78 is 14.1. The Balaban J connectivity index is 1.74.